The van der Waals surface area contributed by atoms with E-state index in [1.54, 1.807) is 6.07 Å². The van der Waals surface area contributed by atoms with Gasteiger partial charge >= 0.3 is 0 Å². The van der Waals surface area contributed by atoms with Crippen LogP contribution >= 0.6 is 0 Å². The molecule has 2 aliphatic rings. The maximum Gasteiger partial charge on any atom is 0.251 e. The van der Waals surface area contributed by atoms with E-state index in [4.69, 9.17) is 0 Å². The number of carbonyl (C=O) groups is 3. The molecular weight excluding hydrogens is 378 g/mol. The number of rotatable bonds is 8. The Kier molecular flexibility index (Phi) is 6.12. The second-order valence-electron chi connectivity index (χ2n) is 8.00. The molecule has 0 unspecified atom stereocenters. The molecule has 2 fully saturated rings. The zero-order valence-electron chi connectivity index (χ0n) is 17.0. The Morgan fingerprint density at radius 2 is 1.77 bits per heavy atom. The van der Waals surface area contributed by atoms with E-state index < -0.39 is 0 Å². The van der Waals surface area contributed by atoms with Crippen LogP contribution in [0.2, 0.25) is 0 Å². The molecule has 0 radical (unpaired) electrons. The number of hydrogen-bond acceptors (Lipinski definition) is 3. The van der Waals surface area contributed by atoms with Gasteiger partial charge in [-0.2, -0.15) is 0 Å². The van der Waals surface area contributed by atoms with Crippen molar-refractivity contribution in [1.82, 2.24) is 15.5 Å². The summed E-state index contributed by atoms with van der Waals surface area (Å²) >= 11 is 0. The van der Waals surface area contributed by atoms with Crippen LogP contribution in [0.4, 0.5) is 0 Å². The van der Waals surface area contributed by atoms with E-state index in [1.807, 2.05) is 47.4 Å². The van der Waals surface area contributed by atoms with E-state index in [0.29, 0.717) is 36.7 Å². The van der Waals surface area contributed by atoms with Crippen molar-refractivity contribution < 1.29 is 14.4 Å². The standard InChI is InChI=1S/C24H27N3O3/c28-22-6-2-14-27(22)15-3-13-25-23(29)20-5-1-4-19(16-20)17-7-9-18(10-8-17)24(30)26-21-11-12-21/h1,4-5,7-10,16,21H,2-3,6,11-15H2,(H,25,29)(H,26,30). The van der Waals surface area contributed by atoms with Gasteiger partial charge in [0.25, 0.3) is 11.8 Å². The molecule has 0 aromatic heterocycles. The van der Waals surface area contributed by atoms with Crippen molar-refractivity contribution in [2.24, 2.45) is 0 Å². The van der Waals surface area contributed by atoms with Gasteiger partial charge in [-0.25, -0.2) is 0 Å². The van der Waals surface area contributed by atoms with E-state index in [0.717, 1.165) is 43.4 Å². The quantitative estimate of drug-likeness (QED) is 0.663. The van der Waals surface area contributed by atoms with E-state index in [-0.39, 0.29) is 17.7 Å². The molecule has 3 amide bonds. The summed E-state index contributed by atoms with van der Waals surface area (Å²) in [7, 11) is 0. The molecule has 0 atom stereocenters. The Labute approximate surface area is 176 Å². The van der Waals surface area contributed by atoms with Gasteiger partial charge < -0.3 is 15.5 Å². The normalized spacial score (nSPS) is 15.9. The van der Waals surface area contributed by atoms with Gasteiger partial charge in [-0.3, -0.25) is 14.4 Å². The van der Waals surface area contributed by atoms with E-state index in [2.05, 4.69) is 10.6 Å². The molecule has 2 N–H and O–H groups in total. The number of nitrogens with one attached hydrogen (secondary N) is 2. The van der Waals surface area contributed by atoms with E-state index >= 15 is 0 Å². The van der Waals surface area contributed by atoms with Crippen molar-refractivity contribution in [1.29, 1.82) is 0 Å². The van der Waals surface area contributed by atoms with Crippen molar-refractivity contribution >= 4 is 17.7 Å². The van der Waals surface area contributed by atoms with Gasteiger partial charge in [0.1, 0.15) is 0 Å². The van der Waals surface area contributed by atoms with Gasteiger partial charge in [0.2, 0.25) is 5.91 Å². The van der Waals surface area contributed by atoms with Crippen LogP contribution in [0.15, 0.2) is 48.5 Å². The molecule has 30 heavy (non-hydrogen) atoms. The maximum atomic E-state index is 12.5. The topological polar surface area (TPSA) is 78.5 Å². The van der Waals surface area contributed by atoms with Crippen LogP contribution in [0.25, 0.3) is 11.1 Å². The lowest BCUT2D eigenvalue weighted by Gasteiger charge is -2.15. The molecule has 1 saturated heterocycles. The smallest absolute Gasteiger partial charge is 0.251 e. The molecule has 0 bridgehead atoms. The first kappa shape index (κ1) is 20.1. The van der Waals surface area contributed by atoms with E-state index in [1.165, 1.54) is 0 Å². The predicted molar refractivity (Wildman–Crippen MR) is 115 cm³/mol. The Morgan fingerprint density at radius 3 is 2.47 bits per heavy atom. The summed E-state index contributed by atoms with van der Waals surface area (Å²) in [4.78, 5) is 38.1. The summed E-state index contributed by atoms with van der Waals surface area (Å²) in [5, 5.41) is 5.92. The Balaban J connectivity index is 1.31. The highest BCUT2D eigenvalue weighted by molar-refractivity contribution is 5.96. The first-order valence-corrected chi connectivity index (χ1v) is 10.7. The third-order valence-electron chi connectivity index (χ3n) is 5.58. The fraction of sp³-hybridized carbons (Fsp3) is 0.375. The number of benzene rings is 2. The lowest BCUT2D eigenvalue weighted by Crippen LogP contribution is -2.30. The Hall–Kier alpha value is -3.15. The number of carbonyl (C=O) groups excluding carboxylic acids is 3. The summed E-state index contributed by atoms with van der Waals surface area (Å²) in [6.07, 6.45) is 4.46. The molecule has 2 aromatic rings. The molecule has 1 heterocycles. The largest absolute Gasteiger partial charge is 0.352 e. The SMILES string of the molecule is O=C(NCCCN1CCCC1=O)c1cccc(-c2ccc(C(=O)NC3CC3)cc2)c1. The zero-order valence-corrected chi connectivity index (χ0v) is 17.0. The molecular formula is C24H27N3O3. The molecule has 6 heteroatoms. The first-order chi connectivity index (χ1) is 14.6. The van der Waals surface area contributed by atoms with Gasteiger partial charge in [0, 0.05) is 43.2 Å². The average Bonchev–Trinajstić information content (AvgIpc) is 3.50. The lowest BCUT2D eigenvalue weighted by atomic mass is 10.0. The summed E-state index contributed by atoms with van der Waals surface area (Å²) in [6, 6.07) is 15.3. The highest BCUT2D eigenvalue weighted by Crippen LogP contribution is 2.22. The first-order valence-electron chi connectivity index (χ1n) is 10.7. The van der Waals surface area contributed by atoms with Crippen LogP contribution < -0.4 is 10.6 Å². The van der Waals surface area contributed by atoms with Gasteiger partial charge in [-0.15, -0.1) is 0 Å². The second kappa shape index (κ2) is 9.11. The van der Waals surface area contributed by atoms with Crippen molar-refractivity contribution in [2.45, 2.75) is 38.1 Å². The molecule has 1 aliphatic carbocycles. The lowest BCUT2D eigenvalue weighted by molar-refractivity contribution is -0.127. The van der Waals surface area contributed by atoms with Gasteiger partial charge in [0.15, 0.2) is 0 Å². The number of likely N-dealkylation sites (tertiary alicyclic amines) is 1. The fourth-order valence-electron chi connectivity index (χ4n) is 3.66. The van der Waals surface area contributed by atoms with Crippen LogP contribution in [0.5, 0.6) is 0 Å². The summed E-state index contributed by atoms with van der Waals surface area (Å²) < 4.78 is 0. The third kappa shape index (κ3) is 5.06. The van der Waals surface area contributed by atoms with Gasteiger partial charge in [-0.05, 0) is 61.1 Å². The molecule has 1 saturated carbocycles. The van der Waals surface area contributed by atoms with E-state index in [9.17, 15) is 14.4 Å². The average molecular weight is 405 g/mol. The summed E-state index contributed by atoms with van der Waals surface area (Å²) in [6.45, 7) is 2.06. The predicted octanol–water partition coefficient (Wildman–Crippen LogP) is 2.99. The second-order valence-corrected chi connectivity index (χ2v) is 8.00. The number of nitrogens with zero attached hydrogens (tertiary/aromatic N) is 1. The molecule has 156 valence electrons. The highest BCUT2D eigenvalue weighted by Gasteiger charge is 2.23. The van der Waals surface area contributed by atoms with Crippen molar-refractivity contribution in [2.75, 3.05) is 19.6 Å². The van der Waals surface area contributed by atoms with Gasteiger partial charge in [-0.1, -0.05) is 24.3 Å². The minimum Gasteiger partial charge on any atom is -0.352 e. The monoisotopic (exact) mass is 405 g/mol. The molecule has 1 aliphatic heterocycles. The minimum atomic E-state index is -0.120. The van der Waals surface area contributed by atoms with Crippen molar-refractivity contribution in [3.05, 3.63) is 59.7 Å². The fourth-order valence-corrected chi connectivity index (χ4v) is 3.66. The van der Waals surface area contributed by atoms with Crippen LogP contribution in [-0.2, 0) is 4.79 Å². The van der Waals surface area contributed by atoms with Gasteiger partial charge in [0.05, 0.1) is 0 Å². The third-order valence-corrected chi connectivity index (χ3v) is 5.58. The number of amides is 3. The molecule has 6 nitrogen and oxygen atoms in total. The number of hydrogen-bond donors (Lipinski definition) is 2. The maximum absolute atomic E-state index is 12.5. The van der Waals surface area contributed by atoms with Crippen LogP contribution in [0.3, 0.4) is 0 Å². The summed E-state index contributed by atoms with van der Waals surface area (Å²) in [5.41, 5.74) is 3.14. The van der Waals surface area contributed by atoms with Crippen LogP contribution in [-0.4, -0.2) is 48.3 Å². The molecule has 0 spiro atoms. The zero-order chi connectivity index (χ0) is 20.9. The molecule has 2 aromatic carbocycles. The van der Waals surface area contributed by atoms with Crippen molar-refractivity contribution in [3.8, 4) is 11.1 Å². The highest BCUT2D eigenvalue weighted by atomic mass is 16.2. The molecule has 4 rings (SSSR count). The Morgan fingerprint density at radius 1 is 0.967 bits per heavy atom. The minimum absolute atomic E-state index is 0.0344. The van der Waals surface area contributed by atoms with Crippen molar-refractivity contribution in [3.63, 3.8) is 0 Å². The van der Waals surface area contributed by atoms with Crippen LogP contribution in [0.1, 0.15) is 52.8 Å². The summed E-state index contributed by atoms with van der Waals surface area (Å²) in [5.74, 6) is 0.0582. The van der Waals surface area contributed by atoms with Crippen LogP contribution in [0, 0.1) is 0 Å². The Bertz CT molecular complexity index is 935.